The molecule has 4 unspecified atom stereocenters. The molecule has 1 aromatic rings. The van der Waals surface area contributed by atoms with Gasteiger partial charge in [-0.2, -0.15) is 0 Å². The molecule has 4 rings (SSSR count). The van der Waals surface area contributed by atoms with Crippen molar-refractivity contribution in [1.29, 1.82) is 0 Å². The molecule has 0 amide bonds. The van der Waals surface area contributed by atoms with Gasteiger partial charge in [-0.1, -0.05) is 20.8 Å². The second-order valence-corrected chi connectivity index (χ2v) is 7.38. The number of Topliss-reactive ketones (excluding diaryl/α,β-unsaturated/α-hetero) is 3. The van der Waals surface area contributed by atoms with Crippen LogP contribution in [-0.2, 0) is 19.7 Å². The summed E-state index contributed by atoms with van der Waals surface area (Å²) in [5.41, 5.74) is -0.481. The summed E-state index contributed by atoms with van der Waals surface area (Å²) < 4.78 is 10.9. The Hall–Kier alpha value is -2.01. The number of benzene rings is 1. The van der Waals surface area contributed by atoms with E-state index in [1.807, 2.05) is 6.92 Å². The summed E-state index contributed by atoms with van der Waals surface area (Å²) in [7, 11) is 1.56. The molecule has 0 N–H and O–H groups in total. The molecule has 0 aromatic heterocycles. The molecule has 1 heterocycles. The van der Waals surface area contributed by atoms with E-state index >= 15 is 0 Å². The molecular weight excluding hydrogens is 296 g/mol. The van der Waals surface area contributed by atoms with Gasteiger partial charge in [0, 0.05) is 22.3 Å². The van der Waals surface area contributed by atoms with E-state index in [0.29, 0.717) is 11.3 Å². The molecule has 1 aromatic carbocycles. The smallest absolute Gasteiger partial charge is 0.229 e. The molecule has 2 aliphatic carbocycles. The lowest BCUT2D eigenvalue weighted by Gasteiger charge is -2.49. The summed E-state index contributed by atoms with van der Waals surface area (Å²) in [5.74, 6) is -1.18. The minimum absolute atomic E-state index is 0.0857. The molecule has 120 valence electrons. The first-order valence-corrected chi connectivity index (χ1v) is 7.71. The Balaban J connectivity index is 2.02. The predicted molar refractivity (Wildman–Crippen MR) is 80.6 cm³/mol. The van der Waals surface area contributed by atoms with Crippen LogP contribution in [0.4, 0.5) is 0 Å². The van der Waals surface area contributed by atoms with Gasteiger partial charge in [0.25, 0.3) is 0 Å². The maximum Gasteiger partial charge on any atom is 0.229 e. The highest BCUT2D eigenvalue weighted by atomic mass is 16.6. The van der Waals surface area contributed by atoms with Crippen LogP contribution in [0.15, 0.2) is 18.2 Å². The SMILES string of the molecule is COc1ccc2c(c1)C1(C)C3OC3C(=O)C(C)(C)C1C(=O)C2=O. The molecule has 0 spiro atoms. The topological polar surface area (TPSA) is 73.0 Å². The lowest BCUT2D eigenvalue weighted by molar-refractivity contribution is -0.142. The molecule has 5 nitrogen and oxygen atoms in total. The van der Waals surface area contributed by atoms with Crippen molar-refractivity contribution < 1.29 is 23.9 Å². The number of fused-ring (bicyclic) bond motifs is 5. The number of rotatable bonds is 1. The largest absolute Gasteiger partial charge is 0.497 e. The molecule has 0 radical (unpaired) electrons. The van der Waals surface area contributed by atoms with Gasteiger partial charge in [-0.25, -0.2) is 0 Å². The third kappa shape index (κ3) is 1.53. The van der Waals surface area contributed by atoms with Crippen LogP contribution in [0.5, 0.6) is 5.75 Å². The number of carbonyl (C=O) groups is 3. The van der Waals surface area contributed by atoms with E-state index in [9.17, 15) is 14.4 Å². The Kier molecular flexibility index (Phi) is 2.59. The summed E-state index contributed by atoms with van der Waals surface area (Å²) in [6.07, 6.45) is -0.831. The maximum absolute atomic E-state index is 12.8. The highest BCUT2D eigenvalue weighted by Crippen LogP contribution is 2.61. The molecule has 1 saturated heterocycles. The number of methoxy groups -OCH3 is 1. The van der Waals surface area contributed by atoms with Crippen molar-refractivity contribution in [2.75, 3.05) is 7.11 Å². The average Bonchev–Trinajstić information content (AvgIpc) is 3.31. The molecule has 1 aliphatic heterocycles. The number of hydrogen-bond donors (Lipinski definition) is 0. The standard InChI is InChI=1S/C18H18O5/c1-17(2)14-12(20)11(19)9-6-5-8(22-4)7-10(9)18(14,3)16-13(23-16)15(17)21/h5-7,13-14,16H,1-4H3. The molecule has 2 fully saturated rings. The quantitative estimate of drug-likeness (QED) is 0.583. The van der Waals surface area contributed by atoms with Gasteiger partial charge in [-0.3, -0.25) is 14.4 Å². The Morgan fingerprint density at radius 1 is 1.13 bits per heavy atom. The predicted octanol–water partition coefficient (Wildman–Crippen LogP) is 1.71. The lowest BCUT2D eigenvalue weighted by atomic mass is 9.49. The summed E-state index contributed by atoms with van der Waals surface area (Å²) in [4.78, 5) is 38.0. The second kappa shape index (κ2) is 4.09. The number of epoxide rings is 1. The minimum atomic E-state index is -0.931. The van der Waals surface area contributed by atoms with Crippen LogP contribution < -0.4 is 4.74 Å². The first-order chi connectivity index (χ1) is 10.7. The van der Waals surface area contributed by atoms with E-state index in [2.05, 4.69) is 0 Å². The van der Waals surface area contributed by atoms with Crippen LogP contribution >= 0.6 is 0 Å². The van der Waals surface area contributed by atoms with Crippen LogP contribution in [0.1, 0.15) is 36.7 Å². The van der Waals surface area contributed by atoms with E-state index in [4.69, 9.17) is 9.47 Å². The van der Waals surface area contributed by atoms with E-state index in [1.165, 1.54) is 0 Å². The second-order valence-electron chi connectivity index (χ2n) is 7.38. The van der Waals surface area contributed by atoms with Crippen molar-refractivity contribution in [2.24, 2.45) is 11.3 Å². The zero-order valence-electron chi connectivity index (χ0n) is 13.5. The van der Waals surface area contributed by atoms with Crippen molar-refractivity contribution in [3.63, 3.8) is 0 Å². The van der Waals surface area contributed by atoms with Gasteiger partial charge < -0.3 is 9.47 Å². The average molecular weight is 314 g/mol. The molecular formula is C18H18O5. The van der Waals surface area contributed by atoms with Crippen molar-refractivity contribution in [2.45, 2.75) is 38.4 Å². The van der Waals surface area contributed by atoms with Gasteiger partial charge in [0.1, 0.15) is 18.0 Å². The van der Waals surface area contributed by atoms with Crippen LogP contribution in [0.2, 0.25) is 0 Å². The van der Waals surface area contributed by atoms with Crippen LogP contribution in [0.3, 0.4) is 0 Å². The lowest BCUT2D eigenvalue weighted by Crippen LogP contribution is -2.61. The Labute approximate surface area is 134 Å². The van der Waals surface area contributed by atoms with Crippen LogP contribution in [0, 0.1) is 11.3 Å². The Morgan fingerprint density at radius 2 is 1.83 bits per heavy atom. The Morgan fingerprint density at radius 3 is 2.48 bits per heavy atom. The van der Waals surface area contributed by atoms with E-state index in [0.717, 1.165) is 5.56 Å². The van der Waals surface area contributed by atoms with E-state index in [1.54, 1.807) is 39.2 Å². The van der Waals surface area contributed by atoms with Crippen molar-refractivity contribution in [3.8, 4) is 5.75 Å². The zero-order chi connectivity index (χ0) is 16.7. The normalized spacial score (nSPS) is 36.9. The van der Waals surface area contributed by atoms with E-state index < -0.39 is 34.4 Å². The summed E-state index contributed by atoms with van der Waals surface area (Å²) in [6, 6.07) is 5.12. The van der Waals surface area contributed by atoms with Gasteiger partial charge in [0.2, 0.25) is 11.6 Å². The van der Waals surface area contributed by atoms with Gasteiger partial charge in [-0.05, 0) is 23.8 Å². The Bertz CT molecular complexity index is 778. The number of ether oxygens (including phenoxy) is 2. The van der Waals surface area contributed by atoms with Crippen LogP contribution in [0.25, 0.3) is 0 Å². The van der Waals surface area contributed by atoms with Crippen molar-refractivity contribution >= 4 is 17.3 Å². The molecule has 4 atom stereocenters. The summed E-state index contributed by atoms with van der Waals surface area (Å²) in [6.45, 7) is 5.41. The minimum Gasteiger partial charge on any atom is -0.497 e. The zero-order valence-corrected chi connectivity index (χ0v) is 13.5. The first kappa shape index (κ1) is 14.6. The van der Waals surface area contributed by atoms with Gasteiger partial charge in [-0.15, -0.1) is 0 Å². The molecule has 3 aliphatic rings. The summed E-state index contributed by atoms with van der Waals surface area (Å²) in [5, 5.41) is 0. The van der Waals surface area contributed by atoms with Gasteiger partial charge in [0.15, 0.2) is 5.78 Å². The molecule has 0 bridgehead atoms. The number of ketones is 3. The van der Waals surface area contributed by atoms with Crippen molar-refractivity contribution in [1.82, 2.24) is 0 Å². The third-order valence-electron chi connectivity index (χ3n) is 5.84. The highest BCUT2D eigenvalue weighted by molar-refractivity contribution is 6.46. The van der Waals surface area contributed by atoms with Crippen LogP contribution in [-0.4, -0.2) is 36.7 Å². The monoisotopic (exact) mass is 314 g/mol. The third-order valence-corrected chi connectivity index (χ3v) is 5.84. The fourth-order valence-corrected chi connectivity index (χ4v) is 4.66. The highest BCUT2D eigenvalue weighted by Gasteiger charge is 2.73. The first-order valence-electron chi connectivity index (χ1n) is 7.71. The fourth-order valence-electron chi connectivity index (χ4n) is 4.66. The molecule has 1 saturated carbocycles. The van der Waals surface area contributed by atoms with Gasteiger partial charge in [0.05, 0.1) is 7.11 Å². The molecule has 5 heteroatoms. The van der Waals surface area contributed by atoms with Crippen molar-refractivity contribution in [3.05, 3.63) is 29.3 Å². The van der Waals surface area contributed by atoms with E-state index in [-0.39, 0.29) is 11.9 Å². The number of carbonyl (C=O) groups excluding carboxylic acids is 3. The fraction of sp³-hybridized carbons (Fsp3) is 0.500. The number of hydrogen-bond acceptors (Lipinski definition) is 5. The molecule has 23 heavy (non-hydrogen) atoms. The van der Waals surface area contributed by atoms with Gasteiger partial charge >= 0.3 is 0 Å². The summed E-state index contributed by atoms with van der Waals surface area (Å²) >= 11 is 0. The maximum atomic E-state index is 12.8.